The van der Waals surface area contributed by atoms with Gasteiger partial charge in [0.1, 0.15) is 18.4 Å². The fourth-order valence-corrected chi connectivity index (χ4v) is 2.41. The summed E-state index contributed by atoms with van der Waals surface area (Å²) in [7, 11) is 0. The van der Waals surface area contributed by atoms with E-state index in [4.69, 9.17) is 14.6 Å². The Morgan fingerprint density at radius 1 is 1.35 bits per heavy atom. The first-order valence-corrected chi connectivity index (χ1v) is 7.85. The molecule has 23 heavy (non-hydrogen) atoms. The van der Waals surface area contributed by atoms with Gasteiger partial charge < -0.3 is 19.9 Å². The Kier molecular flexibility index (Phi) is 5.98. The molecule has 1 aromatic rings. The predicted octanol–water partition coefficient (Wildman–Crippen LogP) is 2.08. The van der Waals surface area contributed by atoms with Crippen molar-refractivity contribution >= 4 is 11.9 Å². The van der Waals surface area contributed by atoms with Gasteiger partial charge in [0.05, 0.1) is 6.10 Å². The van der Waals surface area contributed by atoms with Gasteiger partial charge >= 0.3 is 5.97 Å². The highest BCUT2D eigenvalue weighted by Gasteiger charge is 2.24. The fraction of sp³-hybridized carbons (Fsp3) is 0.529. The molecule has 2 unspecified atom stereocenters. The molecule has 0 aromatic heterocycles. The molecule has 1 heterocycles. The average molecular weight is 321 g/mol. The number of hydrogen-bond acceptors (Lipinski definition) is 4. The van der Waals surface area contributed by atoms with Crippen molar-refractivity contribution in [3.05, 3.63) is 29.8 Å². The smallest absolute Gasteiger partial charge is 0.326 e. The summed E-state index contributed by atoms with van der Waals surface area (Å²) in [6, 6.07) is 5.75. The van der Waals surface area contributed by atoms with Crippen molar-refractivity contribution < 1.29 is 24.2 Å². The van der Waals surface area contributed by atoms with Crippen LogP contribution in [0.1, 0.15) is 37.0 Å². The van der Waals surface area contributed by atoms with Crippen molar-refractivity contribution in [3.63, 3.8) is 0 Å². The molecule has 6 heteroatoms. The van der Waals surface area contributed by atoms with Crippen LogP contribution in [0, 0.1) is 5.92 Å². The van der Waals surface area contributed by atoms with Crippen LogP contribution in [0.2, 0.25) is 0 Å². The SMILES string of the molecule is CC(C)C(NC(=O)c1ccc(OCC2CCCO2)cc1)C(=O)O. The van der Waals surface area contributed by atoms with Crippen molar-refractivity contribution in [2.45, 2.75) is 38.8 Å². The summed E-state index contributed by atoms with van der Waals surface area (Å²) in [4.78, 5) is 23.2. The van der Waals surface area contributed by atoms with Crippen LogP contribution in [-0.2, 0) is 9.53 Å². The lowest BCUT2D eigenvalue weighted by atomic mass is 10.0. The first kappa shape index (κ1) is 17.3. The maximum Gasteiger partial charge on any atom is 0.326 e. The third-order valence-electron chi connectivity index (χ3n) is 3.80. The molecule has 2 atom stereocenters. The summed E-state index contributed by atoms with van der Waals surface area (Å²) in [5.74, 6) is -0.970. The third-order valence-corrected chi connectivity index (χ3v) is 3.80. The van der Waals surface area contributed by atoms with E-state index in [0.29, 0.717) is 17.9 Å². The summed E-state index contributed by atoms with van der Waals surface area (Å²) in [5.41, 5.74) is 0.404. The second kappa shape index (κ2) is 7.97. The number of ether oxygens (including phenoxy) is 2. The highest BCUT2D eigenvalue weighted by molar-refractivity contribution is 5.96. The van der Waals surface area contributed by atoms with Crippen LogP contribution in [-0.4, -0.2) is 42.3 Å². The molecule has 1 aliphatic heterocycles. The largest absolute Gasteiger partial charge is 0.491 e. The Hall–Kier alpha value is -2.08. The van der Waals surface area contributed by atoms with Gasteiger partial charge in [0.25, 0.3) is 5.91 Å². The van der Waals surface area contributed by atoms with Gasteiger partial charge in [0.15, 0.2) is 0 Å². The molecule has 0 saturated carbocycles. The van der Waals surface area contributed by atoms with Gasteiger partial charge in [-0.15, -0.1) is 0 Å². The molecule has 2 N–H and O–H groups in total. The topological polar surface area (TPSA) is 84.9 Å². The highest BCUT2D eigenvalue weighted by Crippen LogP contribution is 2.17. The number of amides is 1. The molecular formula is C17H23NO5. The number of hydrogen-bond donors (Lipinski definition) is 2. The maximum absolute atomic E-state index is 12.1. The lowest BCUT2D eigenvalue weighted by molar-refractivity contribution is -0.140. The van der Waals surface area contributed by atoms with Crippen LogP contribution in [0.4, 0.5) is 0 Å². The van der Waals surface area contributed by atoms with Gasteiger partial charge in [-0.25, -0.2) is 4.79 Å². The Morgan fingerprint density at radius 3 is 2.57 bits per heavy atom. The number of aliphatic carboxylic acids is 1. The molecule has 0 spiro atoms. The summed E-state index contributed by atoms with van der Waals surface area (Å²) in [6.45, 7) is 4.79. The molecular weight excluding hydrogens is 298 g/mol. The van der Waals surface area contributed by atoms with Crippen LogP contribution >= 0.6 is 0 Å². The van der Waals surface area contributed by atoms with Gasteiger partial charge in [-0.1, -0.05) is 13.8 Å². The van der Waals surface area contributed by atoms with E-state index >= 15 is 0 Å². The molecule has 0 bridgehead atoms. The van der Waals surface area contributed by atoms with Crippen molar-refractivity contribution in [2.24, 2.45) is 5.92 Å². The molecule has 1 fully saturated rings. The second-order valence-corrected chi connectivity index (χ2v) is 6.00. The molecule has 1 aromatic carbocycles. The fourth-order valence-electron chi connectivity index (χ4n) is 2.41. The van der Waals surface area contributed by atoms with Crippen molar-refractivity contribution in [1.29, 1.82) is 0 Å². The lowest BCUT2D eigenvalue weighted by Crippen LogP contribution is -2.44. The van der Waals surface area contributed by atoms with E-state index in [1.165, 1.54) is 0 Å². The summed E-state index contributed by atoms with van der Waals surface area (Å²) in [5, 5.41) is 11.6. The van der Waals surface area contributed by atoms with Gasteiger partial charge in [0.2, 0.25) is 0 Å². The minimum absolute atomic E-state index is 0.139. The number of carboxylic acids is 1. The van der Waals surface area contributed by atoms with E-state index in [-0.39, 0.29) is 12.0 Å². The summed E-state index contributed by atoms with van der Waals surface area (Å²) >= 11 is 0. The van der Waals surface area contributed by atoms with Crippen molar-refractivity contribution in [3.8, 4) is 5.75 Å². The minimum Gasteiger partial charge on any atom is -0.491 e. The first-order valence-electron chi connectivity index (χ1n) is 7.85. The second-order valence-electron chi connectivity index (χ2n) is 6.00. The molecule has 1 saturated heterocycles. The predicted molar refractivity (Wildman–Crippen MR) is 84.6 cm³/mol. The quantitative estimate of drug-likeness (QED) is 0.803. The van der Waals surface area contributed by atoms with Crippen LogP contribution in [0.15, 0.2) is 24.3 Å². The van der Waals surface area contributed by atoms with Crippen LogP contribution in [0.5, 0.6) is 5.75 Å². The highest BCUT2D eigenvalue weighted by atomic mass is 16.5. The number of carboxylic acid groups (broad SMARTS) is 1. The Labute approximate surface area is 135 Å². The zero-order valence-corrected chi connectivity index (χ0v) is 13.5. The normalized spacial score (nSPS) is 18.7. The van der Waals surface area contributed by atoms with Gasteiger partial charge in [0, 0.05) is 12.2 Å². The van der Waals surface area contributed by atoms with Gasteiger partial charge in [-0.05, 0) is 43.0 Å². The number of benzene rings is 1. The van der Waals surface area contributed by atoms with Crippen molar-refractivity contribution in [1.82, 2.24) is 5.32 Å². The van der Waals surface area contributed by atoms with Crippen LogP contribution in [0.3, 0.4) is 0 Å². The molecule has 1 aliphatic rings. The Bertz CT molecular complexity index is 534. The zero-order valence-electron chi connectivity index (χ0n) is 13.5. The average Bonchev–Trinajstić information content (AvgIpc) is 3.03. The van der Waals surface area contributed by atoms with Gasteiger partial charge in [-0.3, -0.25) is 4.79 Å². The monoisotopic (exact) mass is 321 g/mol. The van der Waals surface area contributed by atoms with Crippen LogP contribution < -0.4 is 10.1 Å². The Balaban J connectivity index is 1.90. The molecule has 0 radical (unpaired) electrons. The van der Waals surface area contributed by atoms with E-state index in [1.807, 2.05) is 0 Å². The summed E-state index contributed by atoms with van der Waals surface area (Å²) < 4.78 is 11.1. The van der Waals surface area contributed by atoms with Crippen LogP contribution in [0.25, 0.3) is 0 Å². The molecule has 126 valence electrons. The molecule has 2 rings (SSSR count). The van der Waals surface area contributed by atoms with E-state index in [9.17, 15) is 9.59 Å². The maximum atomic E-state index is 12.1. The minimum atomic E-state index is -1.04. The third kappa shape index (κ3) is 4.96. The number of carbonyl (C=O) groups is 2. The molecule has 6 nitrogen and oxygen atoms in total. The van der Waals surface area contributed by atoms with E-state index in [0.717, 1.165) is 19.4 Å². The first-order chi connectivity index (χ1) is 11.0. The van der Waals surface area contributed by atoms with E-state index in [1.54, 1.807) is 38.1 Å². The number of nitrogens with one attached hydrogen (secondary N) is 1. The van der Waals surface area contributed by atoms with E-state index in [2.05, 4.69) is 5.32 Å². The number of carbonyl (C=O) groups excluding carboxylic acids is 1. The number of rotatable bonds is 7. The zero-order chi connectivity index (χ0) is 16.8. The van der Waals surface area contributed by atoms with Gasteiger partial charge in [-0.2, -0.15) is 0 Å². The molecule has 1 amide bonds. The lowest BCUT2D eigenvalue weighted by Gasteiger charge is -2.18. The molecule has 0 aliphatic carbocycles. The standard InChI is InChI=1S/C17H23NO5/c1-11(2)15(17(20)21)18-16(19)12-5-7-13(8-6-12)23-10-14-4-3-9-22-14/h5-8,11,14-15H,3-4,9-10H2,1-2H3,(H,18,19)(H,20,21). The van der Waals surface area contributed by atoms with Crippen molar-refractivity contribution in [2.75, 3.05) is 13.2 Å². The Morgan fingerprint density at radius 2 is 2.04 bits per heavy atom. The van der Waals surface area contributed by atoms with E-state index < -0.39 is 17.9 Å². The summed E-state index contributed by atoms with van der Waals surface area (Å²) in [6.07, 6.45) is 2.21.